The van der Waals surface area contributed by atoms with E-state index in [1.807, 2.05) is 12.1 Å². The molecule has 0 saturated carbocycles. The first-order chi connectivity index (χ1) is 10.3. The van der Waals surface area contributed by atoms with E-state index in [-0.39, 0.29) is 5.60 Å². The average molecular weight is 301 g/mol. The molecule has 2 fully saturated rings. The summed E-state index contributed by atoms with van der Waals surface area (Å²) in [7, 11) is 0. The fourth-order valence-corrected chi connectivity index (χ4v) is 4.45. The Balaban J connectivity index is 1.35. The fraction of sp³-hybridized carbons (Fsp3) is 0.500. The molecule has 3 aliphatic rings. The van der Waals surface area contributed by atoms with Gasteiger partial charge in [0.2, 0.25) is 0 Å². The predicted molar refractivity (Wildman–Crippen MR) is 81.7 cm³/mol. The number of hydrogen-bond acceptors (Lipinski definition) is 7. The minimum Gasteiger partial charge on any atom is -0.455 e. The van der Waals surface area contributed by atoms with Crippen LogP contribution in [0.2, 0.25) is 0 Å². The number of fused-ring (bicyclic) bond motifs is 4. The van der Waals surface area contributed by atoms with Crippen molar-refractivity contribution in [3.8, 4) is 0 Å². The smallest absolute Gasteiger partial charge is 0.291 e. The maximum Gasteiger partial charge on any atom is 0.291 e. The van der Waals surface area contributed by atoms with Crippen LogP contribution in [0, 0.1) is 5.92 Å². The molecule has 0 radical (unpaired) electrons. The third kappa shape index (κ3) is 1.77. The van der Waals surface area contributed by atoms with E-state index in [4.69, 9.17) is 4.74 Å². The van der Waals surface area contributed by atoms with Crippen LogP contribution in [-0.2, 0) is 4.74 Å². The van der Waals surface area contributed by atoms with Gasteiger partial charge in [-0.15, -0.1) is 0 Å². The lowest BCUT2D eigenvalue weighted by atomic mass is 9.88. The largest absolute Gasteiger partial charge is 0.455 e. The summed E-state index contributed by atoms with van der Waals surface area (Å²) in [5, 5.41) is 4.01. The molecule has 2 bridgehead atoms. The lowest BCUT2D eigenvalue weighted by Crippen LogP contribution is -2.46. The number of nitrogens with zero attached hydrogens (tertiary/aromatic N) is 4. The average Bonchev–Trinajstić information content (AvgIpc) is 3.23. The lowest BCUT2D eigenvalue weighted by Gasteiger charge is -2.31. The monoisotopic (exact) mass is 301 g/mol. The Morgan fingerprint density at radius 3 is 3.29 bits per heavy atom. The van der Waals surface area contributed by atoms with Crippen LogP contribution in [0.25, 0.3) is 10.3 Å². The molecule has 5 rings (SSSR count). The van der Waals surface area contributed by atoms with E-state index in [1.54, 1.807) is 6.20 Å². The van der Waals surface area contributed by atoms with Crippen molar-refractivity contribution in [1.82, 2.24) is 14.9 Å². The van der Waals surface area contributed by atoms with Crippen molar-refractivity contribution in [2.24, 2.45) is 10.9 Å². The Labute approximate surface area is 125 Å². The van der Waals surface area contributed by atoms with E-state index < -0.39 is 0 Å². The summed E-state index contributed by atoms with van der Waals surface area (Å²) in [5.74, 6) is 0.623. The molecule has 0 aromatic carbocycles. The van der Waals surface area contributed by atoms with Gasteiger partial charge in [0.25, 0.3) is 6.02 Å². The third-order valence-electron chi connectivity index (χ3n) is 4.68. The van der Waals surface area contributed by atoms with Crippen LogP contribution in [0.3, 0.4) is 0 Å². The normalized spacial score (nSPS) is 33.6. The van der Waals surface area contributed by atoms with Crippen LogP contribution in [-0.4, -0.2) is 52.7 Å². The van der Waals surface area contributed by atoms with Crippen LogP contribution in [0.1, 0.15) is 6.42 Å². The highest BCUT2D eigenvalue weighted by Crippen LogP contribution is 2.41. The zero-order valence-electron chi connectivity index (χ0n) is 11.5. The third-order valence-corrected chi connectivity index (χ3v) is 5.57. The standard InChI is InChI=1S/C14H15N5OS/c1-2-10-11(15-4-1)21-13(17-10)18-12-16-7-14(20-12)8-19-5-3-9(14)6-19/h1-2,4,9H,3,5-8H2,(H,16,17,18)/t9-,14+/m1/s1. The number of amidine groups is 1. The lowest BCUT2D eigenvalue weighted by molar-refractivity contribution is 0.0364. The summed E-state index contributed by atoms with van der Waals surface area (Å²) in [6.07, 6.45) is 3.01. The molecule has 3 aliphatic heterocycles. The van der Waals surface area contributed by atoms with E-state index in [0.717, 1.165) is 35.1 Å². The molecular weight excluding hydrogens is 286 g/mol. The van der Waals surface area contributed by atoms with Crippen molar-refractivity contribution in [3.05, 3.63) is 18.3 Å². The molecule has 1 spiro atoms. The Hall–Kier alpha value is -1.73. The Kier molecular flexibility index (Phi) is 2.34. The van der Waals surface area contributed by atoms with Gasteiger partial charge in [-0.1, -0.05) is 11.3 Å². The van der Waals surface area contributed by atoms with Crippen LogP contribution >= 0.6 is 11.3 Å². The second-order valence-corrected chi connectivity index (χ2v) is 6.96. The van der Waals surface area contributed by atoms with Gasteiger partial charge in [0.1, 0.15) is 15.9 Å². The van der Waals surface area contributed by atoms with Crippen LogP contribution in [0.4, 0.5) is 5.13 Å². The SMILES string of the molecule is c1cnc2sc(NC3=NC[C@@]4(CN5CC[C@@H]4C5)O3)nc2c1. The second-order valence-electron chi connectivity index (χ2n) is 5.98. The second kappa shape index (κ2) is 4.14. The van der Waals surface area contributed by atoms with Crippen molar-refractivity contribution in [1.29, 1.82) is 0 Å². The summed E-state index contributed by atoms with van der Waals surface area (Å²) >= 11 is 1.53. The number of aromatic nitrogens is 2. The molecule has 1 unspecified atom stereocenters. The van der Waals surface area contributed by atoms with Crippen LogP contribution in [0.15, 0.2) is 23.3 Å². The summed E-state index contributed by atoms with van der Waals surface area (Å²) in [6, 6.07) is 4.47. The van der Waals surface area contributed by atoms with E-state index in [1.165, 1.54) is 24.3 Å². The highest BCUT2D eigenvalue weighted by molar-refractivity contribution is 7.21. The number of aliphatic imine (C=N–C) groups is 1. The van der Waals surface area contributed by atoms with Crippen molar-refractivity contribution < 1.29 is 4.74 Å². The van der Waals surface area contributed by atoms with Gasteiger partial charge in [0.15, 0.2) is 5.13 Å². The molecule has 1 N–H and O–H groups in total. The number of nitrogens with one attached hydrogen (secondary N) is 1. The molecule has 21 heavy (non-hydrogen) atoms. The number of hydrogen-bond donors (Lipinski definition) is 1. The van der Waals surface area contributed by atoms with Gasteiger partial charge in [0, 0.05) is 25.2 Å². The van der Waals surface area contributed by atoms with Gasteiger partial charge in [-0.3, -0.25) is 10.2 Å². The van der Waals surface area contributed by atoms with Gasteiger partial charge >= 0.3 is 0 Å². The molecule has 5 heterocycles. The number of anilines is 1. The van der Waals surface area contributed by atoms with Crippen molar-refractivity contribution in [3.63, 3.8) is 0 Å². The minimum atomic E-state index is -0.0878. The minimum absolute atomic E-state index is 0.0878. The van der Waals surface area contributed by atoms with Crippen LogP contribution in [0.5, 0.6) is 0 Å². The molecule has 6 nitrogen and oxygen atoms in total. The van der Waals surface area contributed by atoms with Gasteiger partial charge in [-0.2, -0.15) is 0 Å². The molecular formula is C14H15N5OS. The molecule has 2 aromatic heterocycles. The molecule has 108 valence electrons. The zero-order valence-corrected chi connectivity index (χ0v) is 12.3. The number of pyridine rings is 1. The highest BCUT2D eigenvalue weighted by Gasteiger charge is 2.54. The Bertz CT molecular complexity index is 711. The summed E-state index contributed by atoms with van der Waals surface area (Å²) in [4.78, 5) is 16.8. The fourth-order valence-electron chi connectivity index (χ4n) is 3.65. The molecule has 3 atom stereocenters. The molecule has 2 aromatic rings. The van der Waals surface area contributed by atoms with Gasteiger partial charge in [0.05, 0.1) is 6.54 Å². The van der Waals surface area contributed by atoms with Gasteiger partial charge in [-0.05, 0) is 25.1 Å². The van der Waals surface area contributed by atoms with Crippen LogP contribution < -0.4 is 5.32 Å². The predicted octanol–water partition coefficient (Wildman–Crippen LogP) is 1.56. The van der Waals surface area contributed by atoms with Crippen molar-refractivity contribution in [2.45, 2.75) is 12.0 Å². The highest BCUT2D eigenvalue weighted by atomic mass is 32.1. The Morgan fingerprint density at radius 1 is 1.48 bits per heavy atom. The van der Waals surface area contributed by atoms with Gasteiger partial charge in [-0.25, -0.2) is 15.0 Å². The Morgan fingerprint density at radius 2 is 2.48 bits per heavy atom. The molecule has 0 amide bonds. The summed E-state index contributed by atoms with van der Waals surface area (Å²) in [6.45, 7) is 4.14. The molecule has 7 heteroatoms. The first-order valence-electron chi connectivity index (χ1n) is 7.25. The van der Waals surface area contributed by atoms with E-state index in [2.05, 4.69) is 25.2 Å². The maximum absolute atomic E-state index is 6.19. The molecule has 0 aliphatic carbocycles. The summed E-state index contributed by atoms with van der Waals surface area (Å²) < 4.78 is 6.19. The van der Waals surface area contributed by atoms with E-state index in [0.29, 0.717) is 11.9 Å². The van der Waals surface area contributed by atoms with Gasteiger partial charge < -0.3 is 4.74 Å². The topological polar surface area (TPSA) is 62.6 Å². The quantitative estimate of drug-likeness (QED) is 0.866. The number of ether oxygens (including phenoxy) is 1. The summed E-state index contributed by atoms with van der Waals surface area (Å²) in [5.41, 5.74) is 0.819. The number of thiazole rings is 1. The van der Waals surface area contributed by atoms with E-state index in [9.17, 15) is 0 Å². The maximum atomic E-state index is 6.19. The first-order valence-corrected chi connectivity index (χ1v) is 8.07. The molecule has 2 saturated heterocycles. The zero-order chi connectivity index (χ0) is 13.9. The van der Waals surface area contributed by atoms with Crippen molar-refractivity contribution >= 4 is 32.8 Å². The van der Waals surface area contributed by atoms with E-state index >= 15 is 0 Å². The van der Waals surface area contributed by atoms with Crippen molar-refractivity contribution in [2.75, 3.05) is 31.5 Å². The number of piperidine rings is 1. The number of rotatable bonds is 1. The first kappa shape index (κ1) is 11.9.